The Bertz CT molecular complexity index is 482. The van der Waals surface area contributed by atoms with Gasteiger partial charge in [-0.05, 0) is 25.7 Å². The Labute approximate surface area is 110 Å². The van der Waals surface area contributed by atoms with Crippen molar-refractivity contribution >= 4 is 11.9 Å². The van der Waals surface area contributed by atoms with Gasteiger partial charge in [0.2, 0.25) is 0 Å². The van der Waals surface area contributed by atoms with Crippen LogP contribution in [0.1, 0.15) is 46.7 Å². The van der Waals surface area contributed by atoms with Crippen molar-refractivity contribution < 1.29 is 14.7 Å². The van der Waals surface area contributed by atoms with Crippen LogP contribution in [0.2, 0.25) is 0 Å². The number of carboxylic acid groups (broad SMARTS) is 1. The maximum atomic E-state index is 11.7. The number of nitrogens with zero attached hydrogens (tertiary/aromatic N) is 2. The van der Waals surface area contributed by atoms with Crippen LogP contribution in [0.3, 0.4) is 0 Å². The second-order valence-corrected chi connectivity index (χ2v) is 4.81. The minimum atomic E-state index is -1.17. The van der Waals surface area contributed by atoms with E-state index in [1.807, 2.05) is 0 Å². The van der Waals surface area contributed by atoms with E-state index in [4.69, 9.17) is 10.8 Å². The van der Waals surface area contributed by atoms with Gasteiger partial charge in [0.1, 0.15) is 5.69 Å². The van der Waals surface area contributed by atoms with E-state index >= 15 is 0 Å². The second kappa shape index (κ2) is 5.31. The van der Waals surface area contributed by atoms with Crippen LogP contribution in [0.15, 0.2) is 12.4 Å². The summed E-state index contributed by atoms with van der Waals surface area (Å²) < 4.78 is 0. The summed E-state index contributed by atoms with van der Waals surface area (Å²) in [6.45, 7) is 0.528. The number of carbonyl (C=O) groups excluding carboxylic acids is 1. The number of aromatic nitrogens is 2. The third-order valence-electron chi connectivity index (χ3n) is 3.13. The number of rotatable bonds is 6. The van der Waals surface area contributed by atoms with Gasteiger partial charge in [0, 0.05) is 12.1 Å². The van der Waals surface area contributed by atoms with Crippen molar-refractivity contribution in [3.63, 3.8) is 0 Å². The zero-order valence-corrected chi connectivity index (χ0v) is 10.4. The summed E-state index contributed by atoms with van der Waals surface area (Å²) in [6, 6.07) is 0. The van der Waals surface area contributed by atoms with Gasteiger partial charge in [-0.2, -0.15) is 0 Å². The largest absolute Gasteiger partial charge is 0.476 e. The Morgan fingerprint density at radius 2 is 1.95 bits per heavy atom. The summed E-state index contributed by atoms with van der Waals surface area (Å²) in [4.78, 5) is 29.6. The molecule has 7 heteroatoms. The Morgan fingerprint density at radius 3 is 2.47 bits per heavy atom. The van der Waals surface area contributed by atoms with E-state index in [1.165, 1.54) is 0 Å². The maximum absolute atomic E-state index is 11.7. The smallest absolute Gasteiger partial charge is 0.356 e. The molecule has 1 heterocycles. The summed E-state index contributed by atoms with van der Waals surface area (Å²) >= 11 is 0. The molecule has 0 unspecified atom stereocenters. The molecule has 0 radical (unpaired) electrons. The highest BCUT2D eigenvalue weighted by molar-refractivity contribution is 5.92. The van der Waals surface area contributed by atoms with Crippen LogP contribution in [0, 0.1) is 0 Å². The molecular formula is C12H16N4O3. The average molecular weight is 264 g/mol. The molecule has 7 nitrogen and oxygen atoms in total. The van der Waals surface area contributed by atoms with Gasteiger partial charge >= 0.3 is 5.97 Å². The van der Waals surface area contributed by atoms with Crippen LogP contribution < -0.4 is 11.1 Å². The Morgan fingerprint density at radius 1 is 1.32 bits per heavy atom. The molecule has 0 spiro atoms. The summed E-state index contributed by atoms with van der Waals surface area (Å²) in [5.41, 5.74) is 5.85. The Kier molecular flexibility index (Phi) is 3.75. The van der Waals surface area contributed by atoms with Crippen LogP contribution >= 0.6 is 0 Å². The third kappa shape index (κ3) is 3.72. The molecule has 102 valence electrons. The number of carboxylic acids is 1. The summed E-state index contributed by atoms with van der Waals surface area (Å²) in [6.07, 6.45) is 6.06. The van der Waals surface area contributed by atoms with E-state index in [-0.39, 0.29) is 22.8 Å². The van der Waals surface area contributed by atoms with Crippen LogP contribution in [0.5, 0.6) is 0 Å². The van der Waals surface area contributed by atoms with Crippen molar-refractivity contribution in [1.82, 2.24) is 15.3 Å². The topological polar surface area (TPSA) is 118 Å². The molecule has 4 N–H and O–H groups in total. The van der Waals surface area contributed by atoms with Gasteiger partial charge in [0.05, 0.1) is 12.4 Å². The summed E-state index contributed by atoms with van der Waals surface area (Å²) in [7, 11) is 0. The minimum absolute atomic E-state index is 0.00628. The molecule has 1 aromatic rings. The molecule has 1 amide bonds. The number of nitrogens with one attached hydrogen (secondary N) is 1. The van der Waals surface area contributed by atoms with Crippen molar-refractivity contribution in [2.75, 3.05) is 6.54 Å². The van der Waals surface area contributed by atoms with Crippen LogP contribution in [0.4, 0.5) is 0 Å². The molecule has 0 aliphatic heterocycles. The molecule has 2 rings (SSSR count). The first kappa shape index (κ1) is 13.4. The molecule has 0 atom stereocenters. The van der Waals surface area contributed by atoms with Gasteiger partial charge in [-0.3, -0.25) is 4.79 Å². The van der Waals surface area contributed by atoms with Gasteiger partial charge in [0.15, 0.2) is 5.69 Å². The molecule has 1 aromatic heterocycles. The molecule has 0 saturated heterocycles. The molecule has 0 aromatic carbocycles. The highest BCUT2D eigenvalue weighted by atomic mass is 16.4. The van der Waals surface area contributed by atoms with Gasteiger partial charge < -0.3 is 16.2 Å². The molecule has 1 fully saturated rings. The molecule has 0 bridgehead atoms. The number of nitrogens with two attached hydrogens (primary N) is 1. The SMILES string of the molecule is NC1(CCCNC(=O)c2cnc(C(=O)O)cn2)CC1. The van der Waals surface area contributed by atoms with Gasteiger partial charge in [-0.15, -0.1) is 0 Å². The first-order valence-corrected chi connectivity index (χ1v) is 6.13. The Hall–Kier alpha value is -2.02. The minimum Gasteiger partial charge on any atom is -0.476 e. The first-order valence-electron chi connectivity index (χ1n) is 6.13. The van der Waals surface area contributed by atoms with E-state index < -0.39 is 5.97 Å². The first-order chi connectivity index (χ1) is 9.00. The van der Waals surface area contributed by atoms with Crippen LogP contribution in [-0.4, -0.2) is 39.0 Å². The standard InChI is InChI=1S/C12H16N4O3/c13-12(3-4-12)2-1-5-14-10(17)8-6-16-9(7-15-8)11(18)19/h6-7H,1-5,13H2,(H,14,17)(H,18,19). The highest BCUT2D eigenvalue weighted by Crippen LogP contribution is 2.36. The van der Waals surface area contributed by atoms with E-state index in [0.717, 1.165) is 38.1 Å². The number of amides is 1. The third-order valence-corrected chi connectivity index (χ3v) is 3.13. The fourth-order valence-corrected chi connectivity index (χ4v) is 1.70. The maximum Gasteiger partial charge on any atom is 0.356 e. The van der Waals surface area contributed by atoms with Crippen molar-refractivity contribution in [2.45, 2.75) is 31.2 Å². The van der Waals surface area contributed by atoms with Crippen molar-refractivity contribution in [3.05, 3.63) is 23.8 Å². The van der Waals surface area contributed by atoms with E-state index in [9.17, 15) is 9.59 Å². The van der Waals surface area contributed by atoms with E-state index in [0.29, 0.717) is 6.54 Å². The van der Waals surface area contributed by atoms with Crippen LogP contribution in [0.25, 0.3) is 0 Å². The molecule has 1 saturated carbocycles. The molecule has 1 aliphatic carbocycles. The molecular weight excluding hydrogens is 248 g/mol. The summed E-state index contributed by atoms with van der Waals surface area (Å²) in [5.74, 6) is -1.52. The monoisotopic (exact) mass is 264 g/mol. The van der Waals surface area contributed by atoms with Gasteiger partial charge in [-0.25, -0.2) is 14.8 Å². The van der Waals surface area contributed by atoms with Crippen molar-refractivity contribution in [3.8, 4) is 0 Å². The fraction of sp³-hybridized carbons (Fsp3) is 0.500. The number of aromatic carboxylic acids is 1. The lowest BCUT2D eigenvalue weighted by Gasteiger charge is -2.08. The predicted octanol–water partition coefficient (Wildman–Crippen LogP) is 0.176. The zero-order valence-electron chi connectivity index (χ0n) is 10.4. The molecule has 19 heavy (non-hydrogen) atoms. The molecule has 1 aliphatic rings. The van der Waals surface area contributed by atoms with E-state index in [1.54, 1.807) is 0 Å². The lowest BCUT2D eigenvalue weighted by molar-refractivity contribution is 0.0689. The highest BCUT2D eigenvalue weighted by Gasteiger charge is 2.36. The predicted molar refractivity (Wildman–Crippen MR) is 66.7 cm³/mol. The van der Waals surface area contributed by atoms with Crippen molar-refractivity contribution in [1.29, 1.82) is 0 Å². The normalized spacial score (nSPS) is 15.8. The average Bonchev–Trinajstić information content (AvgIpc) is 3.13. The van der Waals surface area contributed by atoms with Gasteiger partial charge in [0.25, 0.3) is 5.91 Å². The lowest BCUT2D eigenvalue weighted by atomic mass is 10.1. The van der Waals surface area contributed by atoms with Crippen LogP contribution in [-0.2, 0) is 0 Å². The second-order valence-electron chi connectivity index (χ2n) is 4.81. The number of hydrogen-bond acceptors (Lipinski definition) is 5. The quantitative estimate of drug-likeness (QED) is 0.630. The zero-order chi connectivity index (χ0) is 13.9. The number of carbonyl (C=O) groups is 2. The summed E-state index contributed by atoms with van der Waals surface area (Å²) in [5, 5.41) is 11.4. The fourth-order valence-electron chi connectivity index (χ4n) is 1.70. The van der Waals surface area contributed by atoms with E-state index in [2.05, 4.69) is 15.3 Å². The van der Waals surface area contributed by atoms with Crippen molar-refractivity contribution in [2.24, 2.45) is 5.73 Å². The lowest BCUT2D eigenvalue weighted by Crippen LogP contribution is -2.28. The Balaban J connectivity index is 1.77. The number of hydrogen-bond donors (Lipinski definition) is 3. The van der Waals surface area contributed by atoms with Gasteiger partial charge in [-0.1, -0.05) is 0 Å².